The summed E-state index contributed by atoms with van der Waals surface area (Å²) in [5.74, 6) is 0. The monoisotopic (exact) mass is 203 g/mol. The van der Waals surface area contributed by atoms with Gasteiger partial charge in [-0.05, 0) is 31.4 Å². The second-order valence-corrected chi connectivity index (χ2v) is 4.81. The Morgan fingerprint density at radius 2 is 2.07 bits per heavy atom. The van der Waals surface area contributed by atoms with Gasteiger partial charge in [-0.3, -0.25) is 4.98 Å². The minimum Gasteiger partial charge on any atom is -0.261 e. The van der Waals surface area contributed by atoms with Crippen molar-refractivity contribution in [2.45, 2.75) is 57.3 Å². The highest BCUT2D eigenvalue weighted by Crippen LogP contribution is 2.43. The summed E-state index contributed by atoms with van der Waals surface area (Å²) < 4.78 is 0. The molecule has 1 saturated carbocycles. The van der Waals surface area contributed by atoms with Gasteiger partial charge in [0.2, 0.25) is 0 Å². The van der Waals surface area contributed by atoms with Gasteiger partial charge in [-0.15, -0.1) is 0 Å². The van der Waals surface area contributed by atoms with Crippen molar-refractivity contribution in [3.05, 3.63) is 30.1 Å². The summed E-state index contributed by atoms with van der Waals surface area (Å²) >= 11 is 0. The summed E-state index contributed by atoms with van der Waals surface area (Å²) in [6.45, 7) is 2.28. The summed E-state index contributed by atoms with van der Waals surface area (Å²) in [5, 5.41) is 0. The zero-order valence-electron chi connectivity index (χ0n) is 9.71. The number of hydrogen-bond acceptors (Lipinski definition) is 1. The van der Waals surface area contributed by atoms with E-state index in [2.05, 4.69) is 24.0 Å². The molecule has 1 aromatic heterocycles. The van der Waals surface area contributed by atoms with Crippen molar-refractivity contribution in [3.63, 3.8) is 0 Å². The molecule has 82 valence electrons. The number of rotatable bonds is 4. The Kier molecular flexibility index (Phi) is 3.40. The highest BCUT2D eigenvalue weighted by atomic mass is 14.7. The molecule has 1 aromatic rings. The molecule has 0 amide bonds. The van der Waals surface area contributed by atoms with Crippen LogP contribution in [0.5, 0.6) is 0 Å². The first kappa shape index (κ1) is 10.7. The van der Waals surface area contributed by atoms with E-state index in [1.54, 1.807) is 0 Å². The van der Waals surface area contributed by atoms with Gasteiger partial charge in [-0.2, -0.15) is 0 Å². The van der Waals surface area contributed by atoms with Crippen molar-refractivity contribution >= 4 is 0 Å². The Morgan fingerprint density at radius 1 is 1.27 bits per heavy atom. The van der Waals surface area contributed by atoms with Gasteiger partial charge in [0.05, 0.1) is 0 Å². The lowest BCUT2D eigenvalue weighted by Gasteiger charge is -2.28. The fourth-order valence-electron chi connectivity index (χ4n) is 2.88. The van der Waals surface area contributed by atoms with Gasteiger partial charge < -0.3 is 0 Å². The maximum atomic E-state index is 4.59. The van der Waals surface area contributed by atoms with Gasteiger partial charge in [0.25, 0.3) is 0 Å². The van der Waals surface area contributed by atoms with Crippen LogP contribution in [0.15, 0.2) is 24.4 Å². The topological polar surface area (TPSA) is 12.9 Å². The number of pyridine rings is 1. The highest BCUT2D eigenvalue weighted by molar-refractivity contribution is 5.18. The minimum atomic E-state index is 0.428. The second-order valence-electron chi connectivity index (χ2n) is 4.81. The quantitative estimate of drug-likeness (QED) is 0.718. The molecule has 0 aliphatic heterocycles. The maximum absolute atomic E-state index is 4.59. The van der Waals surface area contributed by atoms with Crippen molar-refractivity contribution in [2.75, 3.05) is 0 Å². The smallest absolute Gasteiger partial charge is 0.0465 e. The Morgan fingerprint density at radius 3 is 2.67 bits per heavy atom. The van der Waals surface area contributed by atoms with E-state index in [0.717, 1.165) is 0 Å². The van der Waals surface area contributed by atoms with Gasteiger partial charge in [0.1, 0.15) is 0 Å². The zero-order valence-corrected chi connectivity index (χ0v) is 9.71. The van der Waals surface area contributed by atoms with E-state index in [-0.39, 0.29) is 0 Å². The lowest BCUT2D eigenvalue weighted by molar-refractivity contribution is 0.380. The van der Waals surface area contributed by atoms with Gasteiger partial charge in [-0.25, -0.2) is 0 Å². The first-order chi connectivity index (χ1) is 7.37. The lowest BCUT2D eigenvalue weighted by atomic mass is 9.78. The van der Waals surface area contributed by atoms with Crippen LogP contribution in [0.25, 0.3) is 0 Å². The van der Waals surface area contributed by atoms with Crippen molar-refractivity contribution in [3.8, 4) is 0 Å². The number of nitrogens with zero attached hydrogens (tertiary/aromatic N) is 1. The Balaban J connectivity index is 2.19. The molecule has 0 saturated heterocycles. The molecule has 1 fully saturated rings. The third kappa shape index (κ3) is 2.22. The predicted octanol–water partition coefficient (Wildman–Crippen LogP) is 4.08. The molecular formula is C14H21N. The molecule has 0 atom stereocenters. The number of hydrogen-bond donors (Lipinski definition) is 0. The van der Waals surface area contributed by atoms with E-state index < -0.39 is 0 Å². The fraction of sp³-hybridized carbons (Fsp3) is 0.643. The summed E-state index contributed by atoms with van der Waals surface area (Å²) in [4.78, 5) is 4.59. The van der Waals surface area contributed by atoms with Crippen molar-refractivity contribution in [1.82, 2.24) is 4.98 Å². The van der Waals surface area contributed by atoms with Crippen LogP contribution in [-0.2, 0) is 5.41 Å². The molecule has 0 spiro atoms. The molecule has 1 aliphatic carbocycles. The molecule has 1 nitrogen and oxygen atoms in total. The maximum Gasteiger partial charge on any atom is 0.0465 e. The SMILES string of the molecule is CCCCC1(c2ccccn2)CCCC1. The van der Waals surface area contributed by atoms with Crippen LogP contribution < -0.4 is 0 Å². The zero-order chi connectivity index (χ0) is 10.6. The van der Waals surface area contributed by atoms with E-state index in [1.807, 2.05) is 12.3 Å². The predicted molar refractivity (Wildman–Crippen MR) is 63.9 cm³/mol. The molecule has 0 unspecified atom stereocenters. The molecule has 0 aromatic carbocycles. The number of aromatic nitrogens is 1. The van der Waals surface area contributed by atoms with Gasteiger partial charge in [-0.1, -0.05) is 38.7 Å². The molecule has 0 radical (unpaired) electrons. The fourth-order valence-corrected chi connectivity index (χ4v) is 2.88. The van der Waals surface area contributed by atoms with Crippen LogP contribution in [-0.4, -0.2) is 4.98 Å². The Labute approximate surface area is 92.9 Å². The second kappa shape index (κ2) is 4.78. The standard InChI is InChI=1S/C14H21N/c1-2-3-9-14(10-5-6-11-14)13-8-4-7-12-15-13/h4,7-8,12H,2-3,5-6,9-11H2,1H3. The van der Waals surface area contributed by atoms with Crippen molar-refractivity contribution in [1.29, 1.82) is 0 Å². The molecule has 0 bridgehead atoms. The molecule has 1 heteroatoms. The van der Waals surface area contributed by atoms with Crippen LogP contribution in [0.4, 0.5) is 0 Å². The first-order valence-electron chi connectivity index (χ1n) is 6.29. The largest absolute Gasteiger partial charge is 0.261 e. The molecule has 15 heavy (non-hydrogen) atoms. The summed E-state index contributed by atoms with van der Waals surface area (Å²) in [6.07, 6.45) is 11.4. The molecule has 2 rings (SSSR count). The molecule has 1 heterocycles. The third-order valence-corrected chi connectivity index (χ3v) is 3.78. The van der Waals surface area contributed by atoms with E-state index in [9.17, 15) is 0 Å². The van der Waals surface area contributed by atoms with E-state index in [4.69, 9.17) is 0 Å². The average Bonchev–Trinajstić information content (AvgIpc) is 2.78. The Hall–Kier alpha value is -0.850. The molecule has 1 aliphatic rings. The van der Waals surface area contributed by atoms with Crippen LogP contribution in [0.3, 0.4) is 0 Å². The van der Waals surface area contributed by atoms with Gasteiger partial charge in [0, 0.05) is 17.3 Å². The Bertz CT molecular complexity index is 285. The van der Waals surface area contributed by atoms with Crippen molar-refractivity contribution in [2.24, 2.45) is 0 Å². The minimum absolute atomic E-state index is 0.428. The lowest BCUT2D eigenvalue weighted by Crippen LogP contribution is -2.23. The van der Waals surface area contributed by atoms with E-state index in [1.165, 1.54) is 50.6 Å². The van der Waals surface area contributed by atoms with Crippen LogP contribution in [0.1, 0.15) is 57.6 Å². The van der Waals surface area contributed by atoms with Crippen molar-refractivity contribution < 1.29 is 0 Å². The molecular weight excluding hydrogens is 182 g/mol. The summed E-state index contributed by atoms with van der Waals surface area (Å²) in [7, 11) is 0. The average molecular weight is 203 g/mol. The van der Waals surface area contributed by atoms with Gasteiger partial charge >= 0.3 is 0 Å². The van der Waals surface area contributed by atoms with Gasteiger partial charge in [0.15, 0.2) is 0 Å². The molecule has 0 N–H and O–H groups in total. The first-order valence-corrected chi connectivity index (χ1v) is 6.29. The van der Waals surface area contributed by atoms with E-state index >= 15 is 0 Å². The number of unbranched alkanes of at least 4 members (excludes halogenated alkanes) is 1. The van der Waals surface area contributed by atoms with Crippen LogP contribution >= 0.6 is 0 Å². The normalized spacial score (nSPS) is 19.3. The van der Waals surface area contributed by atoms with E-state index in [0.29, 0.717) is 5.41 Å². The van der Waals surface area contributed by atoms with Crippen LogP contribution in [0, 0.1) is 0 Å². The highest BCUT2D eigenvalue weighted by Gasteiger charge is 2.35. The third-order valence-electron chi connectivity index (χ3n) is 3.78. The summed E-state index contributed by atoms with van der Waals surface area (Å²) in [5.41, 5.74) is 1.77. The van der Waals surface area contributed by atoms with Crippen LogP contribution in [0.2, 0.25) is 0 Å². The summed E-state index contributed by atoms with van der Waals surface area (Å²) in [6, 6.07) is 6.38.